The first kappa shape index (κ1) is 14.5. The fourth-order valence-electron chi connectivity index (χ4n) is 2.70. The van der Waals surface area contributed by atoms with Crippen LogP contribution in [0.2, 0.25) is 0 Å². The van der Waals surface area contributed by atoms with Crippen molar-refractivity contribution < 1.29 is 8.42 Å². The van der Waals surface area contributed by atoms with Crippen molar-refractivity contribution in [3.05, 3.63) is 11.4 Å². The molecular weight excluding hydrogens is 264 g/mol. The Morgan fingerprint density at radius 2 is 2.16 bits per heavy atom. The van der Waals surface area contributed by atoms with Gasteiger partial charge in [-0.2, -0.15) is 9.40 Å². The lowest BCUT2D eigenvalue weighted by molar-refractivity contribution is 0.202. The van der Waals surface area contributed by atoms with Crippen molar-refractivity contribution in [1.29, 1.82) is 0 Å². The highest BCUT2D eigenvalue weighted by molar-refractivity contribution is 7.89. The molecule has 7 heteroatoms. The van der Waals surface area contributed by atoms with Gasteiger partial charge in [-0.1, -0.05) is 6.92 Å². The van der Waals surface area contributed by atoms with Gasteiger partial charge < -0.3 is 5.73 Å². The molecule has 1 fully saturated rings. The lowest BCUT2D eigenvalue weighted by atomic mass is 9.94. The van der Waals surface area contributed by atoms with E-state index in [0.717, 1.165) is 12.8 Å². The third-order valence-corrected chi connectivity index (χ3v) is 6.23. The summed E-state index contributed by atoms with van der Waals surface area (Å²) in [4.78, 5) is 0.260. The van der Waals surface area contributed by atoms with Crippen LogP contribution in [0.15, 0.2) is 4.90 Å². The van der Waals surface area contributed by atoms with E-state index in [1.54, 1.807) is 11.2 Å². The first-order chi connectivity index (χ1) is 8.89. The van der Waals surface area contributed by atoms with Crippen LogP contribution >= 0.6 is 0 Å². The van der Waals surface area contributed by atoms with Crippen LogP contribution in [-0.2, 0) is 16.6 Å². The van der Waals surface area contributed by atoms with Crippen molar-refractivity contribution in [2.24, 2.45) is 11.7 Å². The highest BCUT2D eigenvalue weighted by atomic mass is 32.2. The summed E-state index contributed by atoms with van der Waals surface area (Å²) < 4.78 is 27.2. The van der Waals surface area contributed by atoms with Crippen LogP contribution in [0.25, 0.3) is 0 Å². The molecule has 2 unspecified atom stereocenters. The highest BCUT2D eigenvalue weighted by Gasteiger charge is 2.37. The summed E-state index contributed by atoms with van der Waals surface area (Å²) in [5.41, 5.74) is 6.57. The average molecular weight is 286 g/mol. The summed E-state index contributed by atoms with van der Waals surface area (Å²) in [5.74, 6) is 0.372. The van der Waals surface area contributed by atoms with Gasteiger partial charge in [-0.05, 0) is 32.6 Å². The van der Waals surface area contributed by atoms with Crippen molar-refractivity contribution in [2.45, 2.75) is 51.1 Å². The molecule has 0 aliphatic carbocycles. The van der Waals surface area contributed by atoms with E-state index >= 15 is 0 Å². The number of aryl methyl sites for hydroxylation is 1. The van der Waals surface area contributed by atoms with Crippen LogP contribution in [0.3, 0.4) is 0 Å². The number of piperidine rings is 1. The van der Waals surface area contributed by atoms with Gasteiger partial charge in [0.25, 0.3) is 0 Å². The summed E-state index contributed by atoms with van der Waals surface area (Å²) in [7, 11) is -3.51. The SMILES string of the molecule is Cc1[nH]nc(CN)c1S(=O)(=O)N1CCCC(C)C1C. The van der Waals surface area contributed by atoms with Crippen molar-refractivity contribution in [3.63, 3.8) is 0 Å². The van der Waals surface area contributed by atoms with Crippen molar-refractivity contribution >= 4 is 10.0 Å². The molecule has 2 heterocycles. The van der Waals surface area contributed by atoms with Crippen LogP contribution in [0, 0.1) is 12.8 Å². The minimum absolute atomic E-state index is 0.0127. The third-order valence-electron chi connectivity index (χ3n) is 4.04. The zero-order chi connectivity index (χ0) is 14.2. The number of nitrogens with zero attached hydrogens (tertiary/aromatic N) is 2. The van der Waals surface area contributed by atoms with E-state index in [2.05, 4.69) is 17.1 Å². The molecule has 0 spiro atoms. The van der Waals surface area contributed by atoms with E-state index in [1.807, 2.05) is 6.92 Å². The Bertz CT molecular complexity index is 552. The van der Waals surface area contributed by atoms with Gasteiger partial charge in [0.1, 0.15) is 4.90 Å². The standard InChI is InChI=1S/C12H22N4O2S/c1-8-5-4-6-16(10(8)3)19(17,18)12-9(2)14-15-11(12)7-13/h8,10H,4-7,13H2,1-3H3,(H,14,15). The van der Waals surface area contributed by atoms with Gasteiger partial charge >= 0.3 is 0 Å². The number of aromatic nitrogens is 2. The lowest BCUT2D eigenvalue weighted by Gasteiger charge is -2.36. The largest absolute Gasteiger partial charge is 0.325 e. The third kappa shape index (κ3) is 2.42. The summed E-state index contributed by atoms with van der Waals surface area (Å²) in [6.45, 7) is 6.48. The van der Waals surface area contributed by atoms with E-state index in [1.165, 1.54) is 0 Å². The first-order valence-corrected chi connectivity index (χ1v) is 8.09. The number of H-pyrrole nitrogens is 1. The fraction of sp³-hybridized carbons (Fsp3) is 0.750. The number of hydrogen-bond acceptors (Lipinski definition) is 4. The predicted octanol–water partition coefficient (Wildman–Crippen LogP) is 0.986. The summed E-state index contributed by atoms with van der Waals surface area (Å²) >= 11 is 0. The molecule has 0 radical (unpaired) electrons. The number of nitrogens with one attached hydrogen (secondary N) is 1. The van der Waals surface area contributed by atoms with Gasteiger partial charge in [-0.15, -0.1) is 0 Å². The molecule has 2 rings (SSSR count). The van der Waals surface area contributed by atoms with Crippen molar-refractivity contribution in [2.75, 3.05) is 6.54 Å². The Labute approximate surface area is 114 Å². The van der Waals surface area contributed by atoms with Crippen molar-refractivity contribution in [1.82, 2.24) is 14.5 Å². The maximum Gasteiger partial charge on any atom is 0.247 e. The quantitative estimate of drug-likeness (QED) is 0.866. The Kier molecular flexibility index (Phi) is 3.98. The zero-order valence-corrected chi connectivity index (χ0v) is 12.5. The van der Waals surface area contributed by atoms with Crippen LogP contribution in [0.4, 0.5) is 0 Å². The number of aromatic amines is 1. The maximum absolute atomic E-state index is 12.8. The molecule has 19 heavy (non-hydrogen) atoms. The van der Waals surface area contributed by atoms with Gasteiger partial charge in [-0.3, -0.25) is 5.10 Å². The Hall–Kier alpha value is -0.920. The van der Waals surface area contributed by atoms with Crippen molar-refractivity contribution in [3.8, 4) is 0 Å². The predicted molar refractivity (Wildman–Crippen MR) is 73.0 cm³/mol. The van der Waals surface area contributed by atoms with Gasteiger partial charge in [0.05, 0.1) is 11.4 Å². The summed E-state index contributed by atoms with van der Waals surface area (Å²) in [6, 6.07) is 0.0127. The Morgan fingerprint density at radius 1 is 1.47 bits per heavy atom. The molecule has 1 aromatic heterocycles. The number of rotatable bonds is 3. The zero-order valence-electron chi connectivity index (χ0n) is 11.7. The fourth-order valence-corrected chi connectivity index (χ4v) is 4.81. The van der Waals surface area contributed by atoms with E-state index in [4.69, 9.17) is 5.73 Å². The molecule has 1 aromatic rings. The summed E-state index contributed by atoms with van der Waals surface area (Å²) in [6.07, 6.45) is 1.97. The number of nitrogens with two attached hydrogens (primary N) is 1. The monoisotopic (exact) mass is 286 g/mol. The lowest BCUT2D eigenvalue weighted by Crippen LogP contribution is -2.46. The van der Waals surface area contributed by atoms with E-state index < -0.39 is 10.0 Å². The molecular formula is C12H22N4O2S. The molecule has 1 aliphatic rings. The van der Waals surface area contributed by atoms with Gasteiger partial charge in [0.2, 0.25) is 10.0 Å². The van der Waals surface area contributed by atoms with E-state index in [-0.39, 0.29) is 17.5 Å². The number of sulfonamides is 1. The first-order valence-electron chi connectivity index (χ1n) is 6.65. The molecule has 3 N–H and O–H groups in total. The second kappa shape index (κ2) is 5.22. The molecule has 1 saturated heterocycles. The van der Waals surface area contributed by atoms with Crippen LogP contribution in [0.1, 0.15) is 38.1 Å². The van der Waals surface area contributed by atoms with E-state index in [9.17, 15) is 8.42 Å². The minimum atomic E-state index is -3.51. The van der Waals surface area contributed by atoms with E-state index in [0.29, 0.717) is 23.9 Å². The van der Waals surface area contributed by atoms with Crippen LogP contribution < -0.4 is 5.73 Å². The molecule has 0 bridgehead atoms. The normalized spacial score (nSPS) is 25.7. The molecule has 2 atom stereocenters. The smallest absolute Gasteiger partial charge is 0.247 e. The van der Waals surface area contributed by atoms with Crippen LogP contribution in [-0.4, -0.2) is 35.5 Å². The van der Waals surface area contributed by atoms with Gasteiger partial charge in [0, 0.05) is 19.1 Å². The molecule has 0 amide bonds. The molecule has 1 aliphatic heterocycles. The molecule has 6 nitrogen and oxygen atoms in total. The molecule has 0 aromatic carbocycles. The minimum Gasteiger partial charge on any atom is -0.325 e. The Morgan fingerprint density at radius 3 is 2.79 bits per heavy atom. The topological polar surface area (TPSA) is 92.1 Å². The molecule has 108 valence electrons. The van der Waals surface area contributed by atoms with Gasteiger partial charge in [0.15, 0.2) is 0 Å². The Balaban J connectivity index is 2.44. The second-order valence-electron chi connectivity index (χ2n) is 5.30. The average Bonchev–Trinajstić information content (AvgIpc) is 2.74. The van der Waals surface area contributed by atoms with Crippen LogP contribution in [0.5, 0.6) is 0 Å². The van der Waals surface area contributed by atoms with Gasteiger partial charge in [-0.25, -0.2) is 8.42 Å². The second-order valence-corrected chi connectivity index (χ2v) is 7.13. The maximum atomic E-state index is 12.8. The highest BCUT2D eigenvalue weighted by Crippen LogP contribution is 2.30. The molecule has 0 saturated carbocycles. The number of hydrogen-bond donors (Lipinski definition) is 2. The summed E-state index contributed by atoms with van der Waals surface area (Å²) in [5, 5.41) is 6.71.